The highest BCUT2D eigenvalue weighted by molar-refractivity contribution is 6.61. The molecule has 0 aliphatic heterocycles. The van der Waals surface area contributed by atoms with Crippen molar-refractivity contribution in [2.75, 3.05) is 14.2 Å². The van der Waals surface area contributed by atoms with E-state index in [2.05, 4.69) is 6.58 Å². The van der Waals surface area contributed by atoms with Gasteiger partial charge in [0, 0.05) is 26.3 Å². The maximum atomic E-state index is 11.0. The number of hydrogen-bond donors (Lipinski definition) is 0. The van der Waals surface area contributed by atoms with Gasteiger partial charge in [0.2, 0.25) is 0 Å². The van der Waals surface area contributed by atoms with Crippen molar-refractivity contribution < 1.29 is 18.1 Å². The van der Waals surface area contributed by atoms with Crippen LogP contribution in [0.15, 0.2) is 12.2 Å². The molecule has 12 heavy (non-hydrogen) atoms. The molecule has 0 rings (SSSR count). The molecule has 0 N–H and O–H groups in total. The Morgan fingerprint density at radius 3 is 2.00 bits per heavy atom. The average molecular weight is 190 g/mol. The molecule has 0 aromatic rings. The molecule has 0 aromatic carbocycles. The van der Waals surface area contributed by atoms with Crippen LogP contribution in [0.5, 0.6) is 0 Å². The van der Waals surface area contributed by atoms with Gasteiger partial charge in [-0.15, -0.1) is 0 Å². The summed E-state index contributed by atoms with van der Waals surface area (Å²) in [5.41, 5.74) is 0.336. The largest absolute Gasteiger partial charge is 0.564 e. The highest BCUT2D eigenvalue weighted by Gasteiger charge is 2.36. The molecule has 0 radical (unpaired) electrons. The van der Waals surface area contributed by atoms with Crippen molar-refractivity contribution in [2.45, 2.75) is 13.5 Å². The van der Waals surface area contributed by atoms with Crippen LogP contribution >= 0.6 is 0 Å². The summed E-state index contributed by atoms with van der Waals surface area (Å²) in [6, 6.07) is 0. The maximum absolute atomic E-state index is 11.0. The Kier molecular flexibility index (Phi) is 4.15. The molecule has 0 heterocycles. The lowest BCUT2D eigenvalue weighted by Crippen LogP contribution is -2.42. The summed E-state index contributed by atoms with van der Waals surface area (Å²) in [6.07, 6.45) is 0. The SMILES string of the molecule is C=C(C)C(=O)O[Si](C)(OC)OC. The van der Waals surface area contributed by atoms with Crippen LogP contribution in [0.2, 0.25) is 6.55 Å². The smallest absolute Gasteiger partial charge is 0.470 e. The average Bonchev–Trinajstić information content (AvgIpc) is 2.04. The van der Waals surface area contributed by atoms with Gasteiger partial charge in [-0.05, 0) is 6.92 Å². The number of rotatable bonds is 4. The lowest BCUT2D eigenvalue weighted by molar-refractivity contribution is -0.134. The zero-order chi connectivity index (χ0) is 9.78. The molecule has 0 aliphatic rings. The summed E-state index contributed by atoms with van der Waals surface area (Å²) >= 11 is 0. The van der Waals surface area contributed by atoms with Gasteiger partial charge in [-0.2, -0.15) is 0 Å². The first-order valence-corrected chi connectivity index (χ1v) is 5.67. The number of carbonyl (C=O) groups is 1. The minimum Gasteiger partial charge on any atom is -0.470 e. The quantitative estimate of drug-likeness (QED) is 0.489. The third kappa shape index (κ3) is 3.16. The van der Waals surface area contributed by atoms with Crippen LogP contribution in [0.4, 0.5) is 0 Å². The van der Waals surface area contributed by atoms with Crippen LogP contribution in [0, 0.1) is 0 Å². The van der Waals surface area contributed by atoms with Gasteiger partial charge >= 0.3 is 14.8 Å². The topological polar surface area (TPSA) is 44.8 Å². The van der Waals surface area contributed by atoms with E-state index in [9.17, 15) is 4.79 Å². The third-order valence-electron chi connectivity index (χ3n) is 1.37. The second kappa shape index (κ2) is 4.39. The summed E-state index contributed by atoms with van der Waals surface area (Å²) in [5.74, 6) is -0.479. The molecule has 4 nitrogen and oxygen atoms in total. The summed E-state index contributed by atoms with van der Waals surface area (Å²) in [7, 11) is 0.158. The summed E-state index contributed by atoms with van der Waals surface area (Å²) < 4.78 is 14.8. The van der Waals surface area contributed by atoms with Gasteiger partial charge in [-0.25, -0.2) is 4.79 Å². The second-order valence-electron chi connectivity index (χ2n) is 2.44. The fraction of sp³-hybridized carbons (Fsp3) is 0.571. The summed E-state index contributed by atoms with van der Waals surface area (Å²) in [6.45, 7) is 6.65. The third-order valence-corrected chi connectivity index (χ3v) is 3.41. The molecule has 0 aliphatic carbocycles. The molecule has 0 saturated carbocycles. The van der Waals surface area contributed by atoms with Crippen molar-refractivity contribution in [3.8, 4) is 0 Å². The highest BCUT2D eigenvalue weighted by Crippen LogP contribution is 2.08. The fourth-order valence-corrected chi connectivity index (χ4v) is 1.27. The molecule has 5 heteroatoms. The van der Waals surface area contributed by atoms with Gasteiger partial charge in [0.25, 0.3) is 0 Å². The van der Waals surface area contributed by atoms with Gasteiger partial charge in [0.15, 0.2) is 0 Å². The van der Waals surface area contributed by atoms with E-state index in [0.29, 0.717) is 5.57 Å². The highest BCUT2D eigenvalue weighted by atomic mass is 28.4. The maximum Gasteiger partial charge on any atom is 0.564 e. The van der Waals surface area contributed by atoms with E-state index in [4.69, 9.17) is 13.3 Å². The first-order chi connectivity index (χ1) is 5.45. The molecular weight excluding hydrogens is 176 g/mol. The normalized spacial score (nSPS) is 11.0. The molecule has 0 aromatic heterocycles. The van der Waals surface area contributed by atoms with Crippen LogP contribution in [0.1, 0.15) is 6.92 Å². The van der Waals surface area contributed by atoms with Crippen molar-refractivity contribution >= 4 is 14.8 Å². The van der Waals surface area contributed by atoms with Crippen molar-refractivity contribution in [2.24, 2.45) is 0 Å². The van der Waals surface area contributed by atoms with Crippen LogP contribution in [0.3, 0.4) is 0 Å². The summed E-state index contributed by atoms with van der Waals surface area (Å²) in [4.78, 5) is 11.0. The standard InChI is InChI=1S/C7H14O4Si/c1-6(2)7(8)11-12(5,9-3)10-4/h1H2,2-5H3. The van der Waals surface area contributed by atoms with Crippen LogP contribution in [-0.2, 0) is 18.1 Å². The predicted molar refractivity (Wildman–Crippen MR) is 46.5 cm³/mol. The molecule has 0 atom stereocenters. The van der Waals surface area contributed by atoms with E-state index in [0.717, 1.165) is 0 Å². The van der Waals surface area contributed by atoms with Crippen molar-refractivity contribution in [3.05, 3.63) is 12.2 Å². The van der Waals surface area contributed by atoms with Gasteiger partial charge in [0.1, 0.15) is 0 Å². The molecule has 0 fully saturated rings. The molecule has 0 unspecified atom stereocenters. The lowest BCUT2D eigenvalue weighted by atomic mass is 10.4. The van der Waals surface area contributed by atoms with Crippen molar-refractivity contribution in [1.82, 2.24) is 0 Å². The zero-order valence-electron chi connectivity index (χ0n) is 7.84. The molecular formula is C7H14O4Si. The Labute approximate surface area is 73.5 Å². The van der Waals surface area contributed by atoms with Crippen molar-refractivity contribution in [3.63, 3.8) is 0 Å². The Hall–Kier alpha value is -0.653. The van der Waals surface area contributed by atoms with Gasteiger partial charge in [-0.3, -0.25) is 0 Å². The minimum absolute atomic E-state index is 0.336. The van der Waals surface area contributed by atoms with Crippen LogP contribution in [-0.4, -0.2) is 29.0 Å². The molecule has 0 bridgehead atoms. The Bertz CT molecular complexity index is 186. The Morgan fingerprint density at radius 1 is 1.33 bits per heavy atom. The zero-order valence-corrected chi connectivity index (χ0v) is 8.84. The first kappa shape index (κ1) is 11.3. The van der Waals surface area contributed by atoms with Crippen molar-refractivity contribution in [1.29, 1.82) is 0 Å². The molecule has 70 valence electrons. The number of hydrogen-bond acceptors (Lipinski definition) is 4. The van der Waals surface area contributed by atoms with E-state index < -0.39 is 14.8 Å². The van der Waals surface area contributed by atoms with E-state index in [-0.39, 0.29) is 0 Å². The van der Waals surface area contributed by atoms with Gasteiger partial charge < -0.3 is 13.3 Å². The molecule has 0 spiro atoms. The van der Waals surface area contributed by atoms with Gasteiger partial charge in [-0.1, -0.05) is 6.58 Å². The second-order valence-corrected chi connectivity index (χ2v) is 5.19. The van der Waals surface area contributed by atoms with E-state index >= 15 is 0 Å². The minimum atomic E-state index is -2.73. The number of carbonyl (C=O) groups excluding carboxylic acids is 1. The van der Waals surface area contributed by atoms with Crippen LogP contribution < -0.4 is 0 Å². The predicted octanol–water partition coefficient (Wildman–Crippen LogP) is 0.967. The van der Waals surface area contributed by atoms with Crippen LogP contribution in [0.25, 0.3) is 0 Å². The molecule has 0 amide bonds. The van der Waals surface area contributed by atoms with E-state index in [1.54, 1.807) is 13.5 Å². The fourth-order valence-electron chi connectivity index (χ4n) is 0.422. The van der Waals surface area contributed by atoms with Gasteiger partial charge in [0.05, 0.1) is 0 Å². The lowest BCUT2D eigenvalue weighted by Gasteiger charge is -2.21. The monoisotopic (exact) mass is 190 g/mol. The van der Waals surface area contributed by atoms with E-state index in [1.807, 2.05) is 0 Å². The Balaban J connectivity index is 4.21. The first-order valence-electron chi connectivity index (χ1n) is 3.44. The Morgan fingerprint density at radius 2 is 1.75 bits per heavy atom. The summed E-state index contributed by atoms with van der Waals surface area (Å²) in [5, 5.41) is 0. The molecule has 0 saturated heterocycles. The van der Waals surface area contributed by atoms with E-state index in [1.165, 1.54) is 14.2 Å².